The minimum absolute atomic E-state index is 0.158. The third-order valence-corrected chi connectivity index (χ3v) is 5.79. The van der Waals surface area contributed by atoms with Crippen molar-refractivity contribution in [2.75, 3.05) is 23.9 Å². The van der Waals surface area contributed by atoms with E-state index in [9.17, 15) is 9.59 Å². The standard InChI is InChI=1S/C12H14N4O3S3/c1-5-6(2)21-9(8(5)10(18)19-3)14-7(17)4-20-12-16-15-11(13)22-12/h4H2,1-3H3,(H2,13,15)(H,14,17). The summed E-state index contributed by atoms with van der Waals surface area (Å²) in [4.78, 5) is 24.8. The molecule has 10 heteroatoms. The lowest BCUT2D eigenvalue weighted by Gasteiger charge is -2.05. The topological polar surface area (TPSA) is 107 Å². The number of rotatable bonds is 5. The van der Waals surface area contributed by atoms with Crippen LogP contribution in [-0.4, -0.2) is 34.9 Å². The number of ether oxygens (including phenoxy) is 1. The van der Waals surface area contributed by atoms with Gasteiger partial charge in [-0.05, 0) is 19.4 Å². The van der Waals surface area contributed by atoms with E-state index in [1.165, 1.54) is 41.5 Å². The van der Waals surface area contributed by atoms with Crippen LogP contribution < -0.4 is 11.1 Å². The smallest absolute Gasteiger partial charge is 0.341 e. The van der Waals surface area contributed by atoms with Crippen molar-refractivity contribution in [3.05, 3.63) is 16.0 Å². The second-order valence-corrected chi connectivity index (χ2v) is 7.68. The Balaban J connectivity index is 2.05. The number of hydrogen-bond donors (Lipinski definition) is 2. The van der Waals surface area contributed by atoms with Gasteiger partial charge in [0, 0.05) is 4.88 Å². The molecule has 2 heterocycles. The third-order valence-electron chi connectivity index (χ3n) is 2.78. The van der Waals surface area contributed by atoms with Gasteiger partial charge in [-0.1, -0.05) is 23.1 Å². The van der Waals surface area contributed by atoms with Gasteiger partial charge in [0.25, 0.3) is 0 Å². The summed E-state index contributed by atoms with van der Waals surface area (Å²) in [5, 5.41) is 11.1. The summed E-state index contributed by atoms with van der Waals surface area (Å²) in [6, 6.07) is 0. The van der Waals surface area contributed by atoms with Gasteiger partial charge >= 0.3 is 5.97 Å². The molecule has 0 aliphatic carbocycles. The van der Waals surface area contributed by atoms with Crippen LogP contribution >= 0.6 is 34.4 Å². The van der Waals surface area contributed by atoms with Crippen LogP contribution in [-0.2, 0) is 9.53 Å². The normalized spacial score (nSPS) is 10.5. The summed E-state index contributed by atoms with van der Waals surface area (Å²) >= 11 is 3.81. The first-order valence-corrected chi connectivity index (χ1v) is 8.74. The van der Waals surface area contributed by atoms with Crippen molar-refractivity contribution < 1.29 is 14.3 Å². The van der Waals surface area contributed by atoms with Crippen LogP contribution in [0.15, 0.2) is 4.34 Å². The van der Waals surface area contributed by atoms with Crippen LogP contribution in [0.4, 0.5) is 10.1 Å². The second-order valence-electron chi connectivity index (χ2n) is 4.22. The molecule has 2 rings (SSSR count). The molecule has 0 fully saturated rings. The molecule has 2 aromatic heterocycles. The Morgan fingerprint density at radius 2 is 2.05 bits per heavy atom. The molecule has 0 bridgehead atoms. The minimum atomic E-state index is -0.457. The van der Waals surface area contributed by atoms with Gasteiger partial charge in [-0.15, -0.1) is 21.5 Å². The SMILES string of the molecule is COC(=O)c1c(NC(=O)CSc2nnc(N)s2)sc(C)c1C. The molecular formula is C12H14N4O3S3. The van der Waals surface area contributed by atoms with E-state index in [-0.39, 0.29) is 11.7 Å². The molecule has 0 radical (unpaired) electrons. The average Bonchev–Trinajstić information content (AvgIpc) is 3.01. The Labute approximate surface area is 139 Å². The molecule has 3 N–H and O–H groups in total. The summed E-state index contributed by atoms with van der Waals surface area (Å²) in [7, 11) is 1.32. The van der Waals surface area contributed by atoms with Gasteiger partial charge in [0.2, 0.25) is 11.0 Å². The minimum Gasteiger partial charge on any atom is -0.465 e. The first kappa shape index (κ1) is 16.7. The summed E-state index contributed by atoms with van der Waals surface area (Å²) in [5.74, 6) is -0.530. The maximum absolute atomic E-state index is 12.0. The number of thioether (sulfide) groups is 1. The summed E-state index contributed by atoms with van der Waals surface area (Å²) < 4.78 is 5.39. The van der Waals surface area contributed by atoms with E-state index in [4.69, 9.17) is 10.5 Å². The van der Waals surface area contributed by atoms with Crippen molar-refractivity contribution in [1.29, 1.82) is 0 Å². The number of nitrogens with two attached hydrogens (primary N) is 1. The predicted molar refractivity (Wildman–Crippen MR) is 88.8 cm³/mol. The molecule has 118 valence electrons. The van der Waals surface area contributed by atoms with Gasteiger partial charge in [0.1, 0.15) is 5.00 Å². The number of aryl methyl sites for hydroxylation is 1. The Morgan fingerprint density at radius 1 is 1.32 bits per heavy atom. The molecule has 7 nitrogen and oxygen atoms in total. The van der Waals surface area contributed by atoms with Gasteiger partial charge in [0.05, 0.1) is 18.4 Å². The van der Waals surface area contributed by atoms with Crippen LogP contribution in [0.2, 0.25) is 0 Å². The van der Waals surface area contributed by atoms with E-state index in [0.717, 1.165) is 10.4 Å². The van der Waals surface area contributed by atoms with E-state index >= 15 is 0 Å². The van der Waals surface area contributed by atoms with Crippen molar-refractivity contribution in [3.63, 3.8) is 0 Å². The summed E-state index contributed by atoms with van der Waals surface area (Å²) in [6.07, 6.45) is 0. The van der Waals surface area contributed by atoms with E-state index in [1.54, 1.807) is 0 Å². The van der Waals surface area contributed by atoms with E-state index in [1.807, 2.05) is 13.8 Å². The molecule has 22 heavy (non-hydrogen) atoms. The highest BCUT2D eigenvalue weighted by atomic mass is 32.2. The van der Waals surface area contributed by atoms with E-state index < -0.39 is 5.97 Å². The van der Waals surface area contributed by atoms with Crippen molar-refractivity contribution in [2.24, 2.45) is 0 Å². The van der Waals surface area contributed by atoms with Crippen molar-refractivity contribution >= 4 is 56.4 Å². The fourth-order valence-corrected chi connectivity index (χ4v) is 4.13. The van der Waals surface area contributed by atoms with Crippen molar-refractivity contribution in [3.8, 4) is 0 Å². The fourth-order valence-electron chi connectivity index (χ4n) is 1.63. The van der Waals surface area contributed by atoms with Gasteiger partial charge in [-0.2, -0.15) is 0 Å². The Bertz CT molecular complexity index is 711. The predicted octanol–water partition coefficient (Wildman–Crippen LogP) is 2.32. The Morgan fingerprint density at radius 3 is 2.64 bits per heavy atom. The number of methoxy groups -OCH3 is 1. The number of amides is 1. The van der Waals surface area contributed by atoms with Gasteiger partial charge in [-0.3, -0.25) is 4.79 Å². The summed E-state index contributed by atoms with van der Waals surface area (Å²) in [5.41, 5.74) is 6.70. The first-order chi connectivity index (χ1) is 10.4. The zero-order valence-corrected chi connectivity index (χ0v) is 14.6. The van der Waals surface area contributed by atoms with Gasteiger partial charge in [-0.25, -0.2) is 4.79 Å². The van der Waals surface area contributed by atoms with Crippen LogP contribution in [0.25, 0.3) is 0 Å². The number of thiophene rings is 1. The van der Waals surface area contributed by atoms with E-state index in [2.05, 4.69) is 15.5 Å². The molecule has 1 amide bonds. The number of carbonyl (C=O) groups is 2. The number of carbonyl (C=O) groups excluding carboxylic acids is 2. The molecule has 0 spiro atoms. The number of hydrogen-bond acceptors (Lipinski definition) is 9. The highest BCUT2D eigenvalue weighted by Gasteiger charge is 2.21. The van der Waals surface area contributed by atoms with Gasteiger partial charge < -0.3 is 15.8 Å². The third kappa shape index (κ3) is 3.76. The zero-order valence-electron chi connectivity index (χ0n) is 12.1. The van der Waals surface area contributed by atoms with Crippen molar-refractivity contribution in [2.45, 2.75) is 18.2 Å². The number of nitrogen functional groups attached to an aromatic ring is 1. The maximum Gasteiger partial charge on any atom is 0.341 e. The molecular weight excluding hydrogens is 344 g/mol. The van der Waals surface area contributed by atoms with Gasteiger partial charge in [0.15, 0.2) is 4.34 Å². The zero-order chi connectivity index (χ0) is 16.3. The maximum atomic E-state index is 12.0. The molecule has 0 aliphatic rings. The van der Waals surface area contributed by atoms with Crippen LogP contribution in [0.5, 0.6) is 0 Å². The van der Waals surface area contributed by atoms with Crippen LogP contribution in [0, 0.1) is 13.8 Å². The molecule has 0 saturated heterocycles. The molecule has 0 saturated carbocycles. The lowest BCUT2D eigenvalue weighted by Crippen LogP contribution is -2.16. The largest absolute Gasteiger partial charge is 0.465 e. The number of aromatic nitrogens is 2. The molecule has 0 atom stereocenters. The highest BCUT2D eigenvalue weighted by Crippen LogP contribution is 2.33. The monoisotopic (exact) mass is 358 g/mol. The van der Waals surface area contributed by atoms with Crippen LogP contribution in [0.3, 0.4) is 0 Å². The first-order valence-electron chi connectivity index (χ1n) is 6.12. The van der Waals surface area contributed by atoms with Crippen LogP contribution in [0.1, 0.15) is 20.8 Å². The summed E-state index contributed by atoms with van der Waals surface area (Å²) in [6.45, 7) is 3.72. The number of esters is 1. The number of nitrogens with one attached hydrogen (secondary N) is 1. The highest BCUT2D eigenvalue weighted by molar-refractivity contribution is 8.01. The lowest BCUT2D eigenvalue weighted by atomic mass is 10.1. The average molecular weight is 358 g/mol. The quantitative estimate of drug-likeness (QED) is 0.624. The number of nitrogens with zero attached hydrogens (tertiary/aromatic N) is 2. The number of anilines is 2. The Hall–Kier alpha value is -1.65. The molecule has 2 aromatic rings. The fraction of sp³-hybridized carbons (Fsp3) is 0.333. The lowest BCUT2D eigenvalue weighted by molar-refractivity contribution is -0.113. The van der Waals surface area contributed by atoms with E-state index in [0.29, 0.717) is 20.0 Å². The molecule has 0 aromatic carbocycles. The molecule has 0 unspecified atom stereocenters. The second kappa shape index (κ2) is 7.07. The van der Waals surface area contributed by atoms with Crippen molar-refractivity contribution in [1.82, 2.24) is 10.2 Å². The molecule has 0 aliphatic heterocycles. The Kier molecular flexibility index (Phi) is 5.37.